The second kappa shape index (κ2) is 45.5. The Balaban J connectivity index is 0.000000175. The molecule has 6 amide bonds. The lowest BCUT2D eigenvalue weighted by atomic mass is 10.1. The molecule has 0 bridgehead atoms. The van der Waals surface area contributed by atoms with Crippen LogP contribution in [0.2, 0.25) is 0 Å². The minimum atomic E-state index is -0.975. The van der Waals surface area contributed by atoms with Gasteiger partial charge in [0.05, 0.1) is 38.2 Å². The normalized spacial score (nSPS) is 13.9. The number of piperazine rings is 4. The van der Waals surface area contributed by atoms with E-state index < -0.39 is 61.0 Å². The van der Waals surface area contributed by atoms with E-state index in [1.54, 1.807) is 32.6 Å². The number of carbonyl (C=O) groups is 8. The zero-order valence-electron chi connectivity index (χ0n) is 79.4. The van der Waals surface area contributed by atoms with Crippen LogP contribution < -0.4 is 53.2 Å². The topological polar surface area (TPSA) is 525 Å². The van der Waals surface area contributed by atoms with Gasteiger partial charge in [-0.2, -0.15) is 0 Å². The molecule has 0 saturated carbocycles. The molecule has 10 N–H and O–H groups in total. The molecular weight excluding hydrogens is 1830 g/mol. The van der Waals surface area contributed by atoms with Gasteiger partial charge in [-0.25, -0.2) is 48.5 Å². The van der Waals surface area contributed by atoms with Crippen LogP contribution >= 0.6 is 23.2 Å². The first-order valence-electron chi connectivity index (χ1n) is 43.8. The molecule has 0 atom stereocenters. The third-order valence-corrected chi connectivity index (χ3v) is 21.3. The molecule has 12 aromatic rings. The molecule has 16 rings (SSSR count). The van der Waals surface area contributed by atoms with Gasteiger partial charge in [0.25, 0.3) is 44.8 Å². The Morgan fingerprint density at radius 3 is 1.22 bits per heavy atom. The number of anilines is 7. The van der Waals surface area contributed by atoms with Crippen molar-refractivity contribution in [2.75, 3.05) is 142 Å². The van der Waals surface area contributed by atoms with E-state index in [9.17, 15) is 72.6 Å². The van der Waals surface area contributed by atoms with Crippen LogP contribution in [-0.2, 0) is 18.9 Å². The summed E-state index contributed by atoms with van der Waals surface area (Å²) in [4.78, 5) is 183. The van der Waals surface area contributed by atoms with Gasteiger partial charge in [-0.1, -0.05) is 24.3 Å². The van der Waals surface area contributed by atoms with Crippen molar-refractivity contribution in [1.29, 1.82) is 0 Å². The number of nitro benzene ring substituents is 2. The van der Waals surface area contributed by atoms with Crippen molar-refractivity contribution in [2.24, 2.45) is 0 Å². The van der Waals surface area contributed by atoms with E-state index in [-0.39, 0.29) is 86.0 Å². The lowest BCUT2D eigenvalue weighted by Gasteiger charge is -2.37. The highest BCUT2D eigenvalue weighted by Crippen LogP contribution is 2.30. The fraction of sp³-hybridized carbons (Fsp3) is 0.387. The third kappa shape index (κ3) is 29.0. The third-order valence-electron chi connectivity index (χ3n) is 21.0. The molecule has 4 aliphatic heterocycles. The molecule has 0 radical (unpaired) electrons. The highest BCUT2D eigenvalue weighted by molar-refractivity contribution is 6.68. The number of nitrogens with one attached hydrogen (secondary N) is 6. The van der Waals surface area contributed by atoms with Crippen molar-refractivity contribution in [3.63, 3.8) is 0 Å². The van der Waals surface area contributed by atoms with Gasteiger partial charge in [0.2, 0.25) is 5.95 Å². The number of aromatic nitrogens is 10. The maximum atomic E-state index is 13.1. The molecule has 45 heteroatoms. The number of para-hydroxylation sites is 4. The van der Waals surface area contributed by atoms with Crippen molar-refractivity contribution in [3.05, 3.63) is 232 Å². The predicted octanol–water partition coefficient (Wildman–Crippen LogP) is 13.7. The number of carbonyl (C=O) groups excluding carboxylic acids is 8. The Labute approximate surface area is 802 Å². The summed E-state index contributed by atoms with van der Waals surface area (Å²) < 4.78 is 35.5. The quantitative estimate of drug-likeness (QED) is 0.0196. The SMILES string of the molecule is CC(C)(C)OC(=O)N1CCNCC1.Cc1cc(F)ccc1[N+](=O)[O-].Cc1cc(N2CCN(C(=O)OC(C)(C)C)CC2)ccc1N.Cc1cc(N2CCN(C(=O)OC(C)(C)C)CC2)ccc1NC(=O)c1nc[nH]c1C(=O)Nc1nc2ccccc2[nH]1.Cc1cc(N2CCN(C(=O)OC(C)(C)C)CC2)ccc1[N+](=O)[O-].Nc1nc2ccccc2[nH]1.O=C(Cl)c1ncn2c(=O)c3c(C(=O)Cl)ncn3c(=O)c12. The van der Waals surface area contributed by atoms with Gasteiger partial charge in [-0.05, 0) is 230 Å². The number of nitro groups is 2. The van der Waals surface area contributed by atoms with Crippen molar-refractivity contribution in [3.8, 4) is 0 Å². The number of hydrogen-bond donors (Lipinski definition) is 8. The number of nitrogens with two attached hydrogens (primary N) is 2. The zero-order valence-corrected chi connectivity index (χ0v) is 80.9. The average Bonchev–Trinajstić information content (AvgIpc) is 1.58. The number of halogens is 3. The van der Waals surface area contributed by atoms with Crippen LogP contribution in [0, 0.1) is 53.7 Å². The zero-order chi connectivity index (χ0) is 101. The number of nitrogen functional groups attached to an aromatic ring is 2. The molecule has 4 saturated heterocycles. The van der Waals surface area contributed by atoms with Crippen molar-refractivity contribution >= 4 is 155 Å². The second-order valence-corrected chi connectivity index (χ2v) is 36.8. The Bertz CT molecular complexity index is 6400. The number of benzene rings is 6. The van der Waals surface area contributed by atoms with E-state index in [1.807, 2.05) is 182 Å². The number of rotatable bonds is 11. The summed E-state index contributed by atoms with van der Waals surface area (Å²) in [5.41, 5.74) is 17.6. The highest BCUT2D eigenvalue weighted by Gasteiger charge is 2.33. The van der Waals surface area contributed by atoms with E-state index in [4.69, 9.17) is 53.6 Å². The largest absolute Gasteiger partial charge is 0.444 e. The summed E-state index contributed by atoms with van der Waals surface area (Å²) in [6.07, 6.45) is 2.23. The maximum Gasteiger partial charge on any atom is 0.410 e. The molecule has 734 valence electrons. The first-order chi connectivity index (χ1) is 64.9. The number of amides is 6. The van der Waals surface area contributed by atoms with Crippen molar-refractivity contribution in [2.45, 2.75) is 133 Å². The molecular formula is C93H113Cl2FN24O18. The van der Waals surface area contributed by atoms with Gasteiger partial charge >= 0.3 is 24.4 Å². The number of nitrogens with zero attached hydrogens (tertiary/aromatic N) is 16. The number of aryl methyl sites for hydroxylation is 4. The van der Waals surface area contributed by atoms with Gasteiger partial charge in [-0.3, -0.25) is 63.1 Å². The molecule has 6 aromatic carbocycles. The first-order valence-corrected chi connectivity index (χ1v) is 44.6. The van der Waals surface area contributed by atoms with E-state index in [2.05, 4.69) is 76.6 Å². The van der Waals surface area contributed by atoms with Crippen LogP contribution in [0.1, 0.15) is 147 Å². The molecule has 4 fully saturated rings. The number of ether oxygens (including phenoxy) is 4. The molecule has 0 aliphatic carbocycles. The molecule has 10 heterocycles. The first kappa shape index (κ1) is 105. The fourth-order valence-electron chi connectivity index (χ4n) is 14.2. The molecule has 138 heavy (non-hydrogen) atoms. The Morgan fingerprint density at radius 1 is 0.449 bits per heavy atom. The number of H-pyrrole nitrogens is 3. The summed E-state index contributed by atoms with van der Waals surface area (Å²) in [5, 5.41) is 27.9. The fourth-order valence-corrected chi connectivity index (χ4v) is 14.5. The maximum absolute atomic E-state index is 13.1. The van der Waals surface area contributed by atoms with Gasteiger partial charge in [0, 0.05) is 156 Å². The summed E-state index contributed by atoms with van der Waals surface area (Å²) in [5.74, 6) is -0.767. The number of hydrogen-bond acceptors (Lipinski definition) is 29. The number of aromatic amines is 3. The minimum Gasteiger partial charge on any atom is -0.444 e. The lowest BCUT2D eigenvalue weighted by molar-refractivity contribution is -0.385. The molecule has 6 aromatic heterocycles. The summed E-state index contributed by atoms with van der Waals surface area (Å²) in [7, 11) is 0. The lowest BCUT2D eigenvalue weighted by Crippen LogP contribution is -2.50. The van der Waals surface area contributed by atoms with E-state index in [0.717, 1.165) is 129 Å². The standard InChI is InChI=1S/C28H32N8O4.C16H23N3O4.C16H25N3O2.C10H2Cl2N4O4.C9H18N2O2.C7H6FNO2.C7H7N3/c1-17-15-18(35-11-13-36(14-12-35)27(39)40-28(2,3)4)9-10-19(17)31-24(37)22-23(30-16-29-22)25(38)34-26-32-20-7-5-6-8-21(20)33-26;1-12-11-13(5-6-14(12)19(21)22)17-7-9-18(10-8-17)15(20)23-16(2,3)4;1-12-11-13(5-6-14(12)17)18-7-9-19(10-8-18)15(20)21-16(2,3)4;11-7(17)3-5-10(20)16-2-14-4(8(12)18)6(16)9(19)15(5)1-13-3;1-9(2,3)13-8(12)11-6-4-10-5-7-11;1-5-4-6(8)2-3-7(5)9(10)11;8-7-9-5-3-1-2-4-6(5)10-7/h5-10,15-16H,11-14H2,1-4H3,(H,29,30)(H,31,37)(H2,32,33,34,38);5-6,11H,7-10H2,1-4H3;5-6,11H,7-10,17H2,1-4H3;1-2H;10H,4-7H2,1-3H3;2-4H,1H3;1-4H,(H3,8,9,10). The Kier molecular flexibility index (Phi) is 34.6. The molecule has 0 spiro atoms. The van der Waals surface area contributed by atoms with Crippen molar-refractivity contribution in [1.82, 2.24) is 73.6 Å². The molecule has 0 unspecified atom stereocenters. The van der Waals surface area contributed by atoms with Crippen LogP contribution in [0.15, 0.2) is 150 Å². The van der Waals surface area contributed by atoms with E-state index in [1.165, 1.54) is 19.3 Å². The summed E-state index contributed by atoms with van der Waals surface area (Å²) in [6.45, 7) is 40.7. The van der Waals surface area contributed by atoms with Gasteiger partial charge in [0.15, 0.2) is 23.0 Å². The molecule has 4 aliphatic rings. The van der Waals surface area contributed by atoms with Crippen LogP contribution in [0.4, 0.5) is 75.3 Å². The van der Waals surface area contributed by atoms with Gasteiger partial charge in [0.1, 0.15) is 57.6 Å². The Hall–Kier alpha value is -15.1. The van der Waals surface area contributed by atoms with E-state index >= 15 is 0 Å². The van der Waals surface area contributed by atoms with Crippen LogP contribution in [0.3, 0.4) is 0 Å². The summed E-state index contributed by atoms with van der Waals surface area (Å²) in [6, 6.07) is 35.4. The van der Waals surface area contributed by atoms with E-state index in [0.29, 0.717) is 93.7 Å². The van der Waals surface area contributed by atoms with Crippen LogP contribution in [0.5, 0.6) is 0 Å². The molecule has 42 nitrogen and oxygen atoms in total. The van der Waals surface area contributed by atoms with Gasteiger partial charge in [-0.15, -0.1) is 0 Å². The van der Waals surface area contributed by atoms with Crippen molar-refractivity contribution < 1.29 is 71.5 Å². The smallest absolute Gasteiger partial charge is 0.410 e. The monoisotopic (exact) mass is 1940 g/mol. The minimum absolute atomic E-state index is 0.0232. The number of fused-ring (bicyclic) bond motifs is 4. The average molecular weight is 1940 g/mol. The van der Waals surface area contributed by atoms with Crippen LogP contribution in [0.25, 0.3) is 33.1 Å². The summed E-state index contributed by atoms with van der Waals surface area (Å²) >= 11 is 10.6. The highest BCUT2D eigenvalue weighted by atomic mass is 35.5. The Morgan fingerprint density at radius 2 is 0.833 bits per heavy atom. The van der Waals surface area contributed by atoms with Crippen LogP contribution in [-0.4, -0.2) is 252 Å². The van der Waals surface area contributed by atoms with Gasteiger partial charge < -0.3 is 90.3 Å². The predicted molar refractivity (Wildman–Crippen MR) is 522 cm³/mol. The second-order valence-electron chi connectivity index (χ2n) is 36.1. The number of imidazole rings is 5.